The van der Waals surface area contributed by atoms with Gasteiger partial charge in [0.25, 0.3) is 17.7 Å². The van der Waals surface area contributed by atoms with Crippen molar-refractivity contribution in [3.63, 3.8) is 0 Å². The molecule has 4 heterocycles. The maximum atomic E-state index is 13.7. The number of amides is 3. The second kappa shape index (κ2) is 12.9. The molecule has 11 nitrogen and oxygen atoms in total. The van der Waals surface area contributed by atoms with Gasteiger partial charge < -0.3 is 5.32 Å². The number of nitrogens with zero attached hydrogens (tertiary/aromatic N) is 6. The van der Waals surface area contributed by atoms with E-state index in [9.17, 15) is 24.9 Å². The zero-order valence-corrected chi connectivity index (χ0v) is 27.5. The molecule has 0 fully saturated rings. The molecule has 3 aliphatic rings. The summed E-state index contributed by atoms with van der Waals surface area (Å²) in [6, 6.07) is 38.7. The van der Waals surface area contributed by atoms with Crippen LogP contribution in [0.5, 0.6) is 0 Å². The van der Waals surface area contributed by atoms with Crippen LogP contribution in [0.1, 0.15) is 42.6 Å². The van der Waals surface area contributed by atoms with Crippen molar-refractivity contribution in [2.75, 3.05) is 11.5 Å². The number of nitriles is 2. The first-order chi connectivity index (χ1) is 25.0. The van der Waals surface area contributed by atoms with Crippen molar-refractivity contribution in [1.82, 2.24) is 20.2 Å². The minimum Gasteiger partial charge on any atom is -0.307 e. The van der Waals surface area contributed by atoms with Crippen LogP contribution in [0.25, 0.3) is 11.3 Å². The number of rotatable bonds is 8. The van der Waals surface area contributed by atoms with E-state index in [4.69, 9.17) is 9.94 Å². The standard InChI is InChI=1S/C39H25N7O4S/c40-22-29-31(24-12-4-1-5-13-24)30(23-41)39-45(34(29)42-36(47)26-16-8-3-9-17-26)35-33(51-39)32(25-14-6-2-7-15-25)44(43-35)20-21-50-46-37(48)27-18-10-11-19-28(27)38(46)49/h1-19,31H,20-21H2,(H,42,47). The Kier molecular flexibility index (Phi) is 8.01. The first-order valence-corrected chi connectivity index (χ1v) is 16.8. The topological polar surface area (TPSA) is 144 Å². The lowest BCUT2D eigenvalue weighted by molar-refractivity contribution is -0.0940. The molecule has 5 aromatic rings. The predicted octanol–water partition coefficient (Wildman–Crippen LogP) is 6.39. The molecule has 0 spiro atoms. The number of carbonyl (C=O) groups excluding carboxylic acids is 3. The molecule has 0 saturated carbocycles. The number of aromatic nitrogens is 2. The Morgan fingerprint density at radius 2 is 1.39 bits per heavy atom. The van der Waals surface area contributed by atoms with Crippen LogP contribution in [0, 0.1) is 22.7 Å². The summed E-state index contributed by atoms with van der Waals surface area (Å²) >= 11 is 1.33. The number of nitrogens with one attached hydrogen (secondary N) is 1. The number of carbonyl (C=O) groups is 3. The SMILES string of the molecule is N#CC1=C(NC(=O)c2ccccc2)N2C(=C(C#N)C1c1ccccc1)Sc1c2nn(CCON2C(=O)c3ccccc3C2=O)c1-c1ccccc1. The van der Waals surface area contributed by atoms with Gasteiger partial charge in [-0.25, -0.2) is 0 Å². The Labute approximate surface area is 296 Å². The molecular formula is C39H25N7O4S. The molecule has 0 radical (unpaired) electrons. The number of hydrogen-bond donors (Lipinski definition) is 1. The van der Waals surface area contributed by atoms with Crippen molar-refractivity contribution < 1.29 is 19.2 Å². The van der Waals surface area contributed by atoms with Crippen molar-refractivity contribution in [1.29, 1.82) is 10.5 Å². The quantitative estimate of drug-likeness (QED) is 0.184. The van der Waals surface area contributed by atoms with Gasteiger partial charge in [0.2, 0.25) is 0 Å². The zero-order valence-electron chi connectivity index (χ0n) is 26.7. The molecule has 0 bridgehead atoms. The monoisotopic (exact) mass is 687 g/mol. The molecule has 3 amide bonds. The first-order valence-electron chi connectivity index (χ1n) is 15.9. The van der Waals surface area contributed by atoms with E-state index in [0.29, 0.717) is 32.6 Å². The van der Waals surface area contributed by atoms with E-state index in [2.05, 4.69) is 17.5 Å². The molecular weight excluding hydrogens is 663 g/mol. The lowest BCUT2D eigenvalue weighted by atomic mass is 9.83. The Morgan fingerprint density at radius 1 is 0.804 bits per heavy atom. The minimum atomic E-state index is -0.740. The van der Waals surface area contributed by atoms with Crippen molar-refractivity contribution in [3.05, 3.63) is 160 Å². The van der Waals surface area contributed by atoms with Gasteiger partial charge in [0, 0.05) is 11.1 Å². The highest BCUT2D eigenvalue weighted by Gasteiger charge is 2.45. The summed E-state index contributed by atoms with van der Waals surface area (Å²) in [7, 11) is 0. The molecule has 0 saturated heterocycles. The Hall–Kier alpha value is -6.73. The predicted molar refractivity (Wildman–Crippen MR) is 187 cm³/mol. The summed E-state index contributed by atoms with van der Waals surface area (Å²) < 4.78 is 1.71. The second-order valence-electron chi connectivity index (χ2n) is 11.7. The van der Waals surface area contributed by atoms with Crippen LogP contribution < -0.4 is 10.2 Å². The van der Waals surface area contributed by atoms with Crippen molar-refractivity contribution >= 4 is 35.3 Å². The molecule has 246 valence electrons. The van der Waals surface area contributed by atoms with E-state index in [0.717, 1.165) is 16.2 Å². The van der Waals surface area contributed by atoms with Crippen LogP contribution in [0.15, 0.2) is 142 Å². The number of thioether (sulfide) groups is 1. The normalized spacial score (nSPS) is 16.1. The van der Waals surface area contributed by atoms with Crippen molar-refractivity contribution in [2.45, 2.75) is 17.4 Å². The fraction of sp³-hybridized carbons (Fsp3) is 0.0769. The number of benzene rings is 4. The van der Waals surface area contributed by atoms with E-state index >= 15 is 0 Å². The second-order valence-corrected chi connectivity index (χ2v) is 12.7. The molecule has 8 rings (SSSR count). The first kappa shape index (κ1) is 31.5. The lowest BCUT2D eigenvalue weighted by Crippen LogP contribution is -2.39. The summed E-state index contributed by atoms with van der Waals surface area (Å²) in [6.07, 6.45) is 0. The molecule has 1 atom stereocenters. The van der Waals surface area contributed by atoms with E-state index < -0.39 is 23.6 Å². The highest BCUT2D eigenvalue weighted by Crippen LogP contribution is 2.57. The average molecular weight is 688 g/mol. The average Bonchev–Trinajstić information content (AvgIpc) is 3.80. The molecule has 12 heteroatoms. The maximum Gasteiger partial charge on any atom is 0.285 e. The Morgan fingerprint density at radius 3 is 2.02 bits per heavy atom. The summed E-state index contributed by atoms with van der Waals surface area (Å²) in [4.78, 5) is 47.7. The zero-order chi connectivity index (χ0) is 35.1. The van der Waals surface area contributed by atoms with E-state index in [1.165, 1.54) is 11.8 Å². The number of anilines is 1. The smallest absolute Gasteiger partial charge is 0.285 e. The van der Waals surface area contributed by atoms with Crippen molar-refractivity contribution in [2.24, 2.45) is 0 Å². The van der Waals surface area contributed by atoms with Gasteiger partial charge in [-0.15, -0.1) is 5.06 Å². The Bertz CT molecular complexity index is 2360. The van der Waals surface area contributed by atoms with Gasteiger partial charge in [0.05, 0.1) is 64.1 Å². The van der Waals surface area contributed by atoms with Crippen LogP contribution in [-0.2, 0) is 11.4 Å². The lowest BCUT2D eigenvalue weighted by Gasteiger charge is -2.33. The summed E-state index contributed by atoms with van der Waals surface area (Å²) in [6.45, 7) is 0.0615. The highest BCUT2D eigenvalue weighted by molar-refractivity contribution is 8.04. The summed E-state index contributed by atoms with van der Waals surface area (Å²) in [5.41, 5.74) is 3.72. The fourth-order valence-electron chi connectivity index (χ4n) is 6.46. The van der Waals surface area contributed by atoms with Gasteiger partial charge >= 0.3 is 0 Å². The molecule has 1 aromatic heterocycles. The minimum absolute atomic E-state index is 0.0738. The van der Waals surface area contributed by atoms with Crippen LogP contribution >= 0.6 is 11.8 Å². The number of hydroxylamine groups is 2. The summed E-state index contributed by atoms with van der Waals surface area (Å²) in [5, 5.41) is 30.6. The van der Waals surface area contributed by atoms with Crippen LogP contribution in [0.2, 0.25) is 0 Å². The molecule has 51 heavy (non-hydrogen) atoms. The maximum absolute atomic E-state index is 13.7. The van der Waals surface area contributed by atoms with Crippen LogP contribution in [0.4, 0.5) is 5.82 Å². The number of hydrogen-bond acceptors (Lipinski definition) is 9. The highest BCUT2D eigenvalue weighted by atomic mass is 32.2. The molecule has 1 unspecified atom stereocenters. The third-order valence-electron chi connectivity index (χ3n) is 8.76. The van der Waals surface area contributed by atoms with Gasteiger partial charge in [-0.2, -0.15) is 15.6 Å². The van der Waals surface area contributed by atoms with E-state index in [1.54, 1.807) is 58.1 Å². The third kappa shape index (κ3) is 5.27. The number of imide groups is 1. The van der Waals surface area contributed by atoms with E-state index in [-0.39, 0.29) is 35.7 Å². The molecule has 3 aliphatic heterocycles. The molecule has 4 aromatic carbocycles. The van der Waals surface area contributed by atoms with Gasteiger partial charge in [-0.1, -0.05) is 103 Å². The summed E-state index contributed by atoms with van der Waals surface area (Å²) in [5.74, 6) is -1.64. The van der Waals surface area contributed by atoms with Gasteiger partial charge in [-0.05, 0) is 29.8 Å². The fourth-order valence-corrected chi connectivity index (χ4v) is 7.74. The van der Waals surface area contributed by atoms with Crippen molar-refractivity contribution in [3.8, 4) is 23.4 Å². The van der Waals surface area contributed by atoms with Gasteiger partial charge in [0.1, 0.15) is 10.9 Å². The largest absolute Gasteiger partial charge is 0.307 e. The Balaban J connectivity index is 1.22. The van der Waals surface area contributed by atoms with Gasteiger partial charge in [0.15, 0.2) is 5.82 Å². The number of allylic oxidation sites excluding steroid dienone is 2. The molecule has 0 aliphatic carbocycles. The van der Waals surface area contributed by atoms with E-state index in [1.807, 2.05) is 66.7 Å². The van der Waals surface area contributed by atoms with Crippen LogP contribution in [-0.4, -0.2) is 39.2 Å². The third-order valence-corrected chi connectivity index (χ3v) is 9.94. The van der Waals surface area contributed by atoms with Gasteiger partial charge in [-0.3, -0.25) is 28.8 Å². The van der Waals surface area contributed by atoms with Crippen LogP contribution in [0.3, 0.4) is 0 Å². The molecule has 1 N–H and O–H groups in total. The number of fused-ring (bicyclic) bond motifs is 4.